The monoisotopic (exact) mass is 584 g/mol. The van der Waals surface area contributed by atoms with E-state index in [9.17, 15) is 26.7 Å². The summed E-state index contributed by atoms with van der Waals surface area (Å²) in [4.78, 5) is 15.5. The third-order valence-electron chi connectivity index (χ3n) is 6.95. The van der Waals surface area contributed by atoms with Crippen molar-refractivity contribution in [1.29, 1.82) is 0 Å². The van der Waals surface area contributed by atoms with E-state index in [1.54, 1.807) is 4.90 Å². The number of sulfonamides is 2. The van der Waals surface area contributed by atoms with E-state index in [0.717, 1.165) is 48.8 Å². The van der Waals surface area contributed by atoms with Crippen molar-refractivity contribution in [2.24, 2.45) is 16.2 Å². The van der Waals surface area contributed by atoms with Crippen LogP contribution >= 0.6 is 22.7 Å². The summed E-state index contributed by atoms with van der Waals surface area (Å²) in [5.41, 5.74) is 1.10. The molecule has 0 unspecified atom stereocenters. The van der Waals surface area contributed by atoms with E-state index in [0.29, 0.717) is 19.0 Å². The normalized spacial score (nSPS) is 25.9. The summed E-state index contributed by atoms with van der Waals surface area (Å²) in [6, 6.07) is 1.95. The van der Waals surface area contributed by atoms with Crippen molar-refractivity contribution in [1.82, 2.24) is 9.62 Å². The summed E-state index contributed by atoms with van der Waals surface area (Å²) in [5, 5.41) is 19.9. The van der Waals surface area contributed by atoms with Gasteiger partial charge < -0.3 is 15.3 Å². The SMILES string of the molecule is CS(=O)(=O)NCc1csc2c1S(=O)(=O)N=C(/C1=C(\O)CC3CCC(CC3)CN(Cc3ccsc3)C1=O)N2. The van der Waals surface area contributed by atoms with Crippen molar-refractivity contribution >= 4 is 59.5 Å². The Hall–Kier alpha value is -2.26. The maximum absolute atomic E-state index is 13.9. The molecule has 37 heavy (non-hydrogen) atoms. The number of hydrogen-bond donors (Lipinski definition) is 3. The number of aliphatic hydroxyl groups excluding tert-OH is 1. The van der Waals surface area contributed by atoms with Gasteiger partial charge in [-0.1, -0.05) is 0 Å². The molecule has 4 aliphatic rings. The Morgan fingerprint density at radius 3 is 2.62 bits per heavy atom. The maximum Gasteiger partial charge on any atom is 0.287 e. The molecule has 3 aliphatic heterocycles. The number of rotatable bonds is 6. The van der Waals surface area contributed by atoms with Crippen LogP contribution in [0.15, 0.2) is 42.8 Å². The van der Waals surface area contributed by atoms with Gasteiger partial charge in [-0.25, -0.2) is 13.1 Å². The molecular formula is C23H28N4O6S4. The van der Waals surface area contributed by atoms with Crippen molar-refractivity contribution in [2.45, 2.75) is 50.1 Å². The van der Waals surface area contributed by atoms with Gasteiger partial charge in [0.25, 0.3) is 15.9 Å². The summed E-state index contributed by atoms with van der Waals surface area (Å²) >= 11 is 2.61. The van der Waals surface area contributed by atoms with Crippen LogP contribution in [0.1, 0.15) is 43.2 Å². The maximum atomic E-state index is 13.9. The lowest BCUT2D eigenvalue weighted by molar-refractivity contribution is -0.128. The van der Waals surface area contributed by atoms with Gasteiger partial charge in [0, 0.05) is 31.6 Å². The van der Waals surface area contributed by atoms with Gasteiger partial charge in [0.15, 0.2) is 5.84 Å². The van der Waals surface area contributed by atoms with Gasteiger partial charge in [0.1, 0.15) is 21.2 Å². The molecule has 1 saturated carbocycles. The van der Waals surface area contributed by atoms with E-state index in [1.807, 2.05) is 16.8 Å². The Morgan fingerprint density at radius 1 is 1.22 bits per heavy atom. The first kappa shape index (κ1) is 26.4. The molecule has 200 valence electrons. The fourth-order valence-electron chi connectivity index (χ4n) is 5.13. The second-order valence-electron chi connectivity index (χ2n) is 9.78. The van der Waals surface area contributed by atoms with Crippen LogP contribution < -0.4 is 10.0 Å². The Morgan fingerprint density at radius 2 is 1.95 bits per heavy atom. The Bertz CT molecular complexity index is 1470. The molecule has 14 heteroatoms. The van der Waals surface area contributed by atoms with Crippen molar-refractivity contribution < 1.29 is 26.7 Å². The predicted octanol–water partition coefficient (Wildman–Crippen LogP) is 3.42. The number of allylic oxidation sites excluding steroid dienone is 1. The lowest BCUT2D eigenvalue weighted by Crippen LogP contribution is -2.41. The number of aliphatic hydroxyl groups is 1. The van der Waals surface area contributed by atoms with Crippen molar-refractivity contribution in [3.05, 3.63) is 44.7 Å². The summed E-state index contributed by atoms with van der Waals surface area (Å²) in [7, 11) is -7.81. The first-order valence-corrected chi connectivity index (χ1v) is 17.1. The van der Waals surface area contributed by atoms with E-state index < -0.39 is 26.0 Å². The summed E-state index contributed by atoms with van der Waals surface area (Å²) in [5.74, 6) is -0.262. The number of amides is 1. The first-order chi connectivity index (χ1) is 17.5. The molecule has 0 spiro atoms. The molecule has 1 fully saturated rings. The Kier molecular flexibility index (Phi) is 7.22. The van der Waals surface area contributed by atoms with Crippen LogP contribution in [0, 0.1) is 11.8 Å². The first-order valence-electron chi connectivity index (χ1n) is 11.9. The number of carbonyl (C=O) groups excluding carboxylic acids is 1. The number of nitrogens with one attached hydrogen (secondary N) is 2. The van der Waals surface area contributed by atoms with E-state index in [2.05, 4.69) is 14.4 Å². The highest BCUT2D eigenvalue weighted by molar-refractivity contribution is 7.91. The zero-order valence-electron chi connectivity index (χ0n) is 20.1. The quantitative estimate of drug-likeness (QED) is 0.472. The molecule has 3 N–H and O–H groups in total. The molecule has 0 atom stereocenters. The smallest absolute Gasteiger partial charge is 0.287 e. The lowest BCUT2D eigenvalue weighted by atomic mass is 9.79. The fourth-order valence-corrected chi connectivity index (χ4v) is 8.82. The highest BCUT2D eigenvalue weighted by atomic mass is 32.2. The molecule has 1 amide bonds. The average molecular weight is 585 g/mol. The highest BCUT2D eigenvalue weighted by Crippen LogP contribution is 2.39. The third-order valence-corrected chi connectivity index (χ3v) is 10.8. The molecular weight excluding hydrogens is 557 g/mol. The zero-order valence-corrected chi connectivity index (χ0v) is 23.4. The Labute approximate surface area is 224 Å². The molecule has 2 aromatic rings. The molecule has 0 aromatic carbocycles. The molecule has 0 radical (unpaired) electrons. The van der Waals surface area contributed by atoms with Gasteiger partial charge in [0.2, 0.25) is 10.0 Å². The molecule has 10 nitrogen and oxygen atoms in total. The minimum absolute atomic E-state index is 0.124. The number of nitrogens with zero attached hydrogens (tertiary/aromatic N) is 2. The van der Waals surface area contributed by atoms with Gasteiger partial charge in [-0.15, -0.1) is 15.7 Å². The Balaban J connectivity index is 1.53. The van der Waals surface area contributed by atoms with Crippen LogP contribution in [0.25, 0.3) is 0 Å². The number of hydrogen-bond acceptors (Lipinski definition) is 9. The zero-order chi connectivity index (χ0) is 26.4. The van der Waals surface area contributed by atoms with Crippen LogP contribution in [0.4, 0.5) is 5.00 Å². The topological polar surface area (TPSA) is 145 Å². The lowest BCUT2D eigenvalue weighted by Gasteiger charge is -2.35. The highest BCUT2D eigenvalue weighted by Gasteiger charge is 2.38. The average Bonchev–Trinajstić information content (AvgIpc) is 3.48. The predicted molar refractivity (Wildman–Crippen MR) is 144 cm³/mol. The van der Waals surface area contributed by atoms with Gasteiger partial charge >= 0.3 is 0 Å². The van der Waals surface area contributed by atoms with Gasteiger partial charge in [-0.3, -0.25) is 4.79 Å². The number of amidine groups is 1. The minimum Gasteiger partial charge on any atom is -0.511 e. The molecule has 5 heterocycles. The van der Waals surface area contributed by atoms with Crippen molar-refractivity contribution in [3.63, 3.8) is 0 Å². The summed E-state index contributed by atoms with van der Waals surface area (Å²) < 4.78 is 55.8. The summed E-state index contributed by atoms with van der Waals surface area (Å²) in [6.45, 7) is 0.662. The number of carbonyl (C=O) groups is 1. The van der Waals surface area contributed by atoms with Crippen LogP contribution in [0.3, 0.4) is 0 Å². The van der Waals surface area contributed by atoms with Gasteiger partial charge in [-0.05, 0) is 65.3 Å². The number of thiophene rings is 2. The minimum atomic E-state index is -4.27. The van der Waals surface area contributed by atoms with E-state index in [4.69, 9.17) is 0 Å². The van der Waals surface area contributed by atoms with Crippen LogP contribution in [0.5, 0.6) is 0 Å². The largest absolute Gasteiger partial charge is 0.511 e. The summed E-state index contributed by atoms with van der Waals surface area (Å²) in [6.07, 6.45) is 5.11. The van der Waals surface area contributed by atoms with Crippen LogP contribution in [-0.2, 0) is 37.9 Å². The van der Waals surface area contributed by atoms with Crippen LogP contribution in [0.2, 0.25) is 0 Å². The van der Waals surface area contributed by atoms with Gasteiger partial charge in [0.05, 0.1) is 6.26 Å². The van der Waals surface area contributed by atoms with E-state index in [1.165, 1.54) is 16.7 Å². The van der Waals surface area contributed by atoms with Crippen molar-refractivity contribution in [2.75, 3.05) is 18.1 Å². The van der Waals surface area contributed by atoms with E-state index in [-0.39, 0.29) is 51.5 Å². The van der Waals surface area contributed by atoms with Crippen LogP contribution in [-0.4, -0.2) is 51.4 Å². The molecule has 6 rings (SSSR count). The second kappa shape index (κ2) is 10.1. The fraction of sp³-hybridized carbons (Fsp3) is 0.478. The standard InChI is InChI=1S/C23H28N4O6S4/c1-36(30,31)24-9-17-13-35-22-20(17)37(32,33)26-21(25-22)19-18(28)8-14-2-4-15(5-3-14)10-27(23(19)29)11-16-6-7-34-12-16/h6-7,12-15,24,28H,2-5,8-11H2,1H3,(H,25,26)/b19-18+. The second-order valence-corrected chi connectivity index (χ2v) is 14.8. The van der Waals surface area contributed by atoms with Gasteiger partial charge in [-0.2, -0.15) is 19.8 Å². The third kappa shape index (κ3) is 5.77. The molecule has 1 aliphatic carbocycles. The number of anilines is 1. The van der Waals surface area contributed by atoms with E-state index >= 15 is 0 Å². The molecule has 2 aromatic heterocycles. The van der Waals surface area contributed by atoms with Crippen molar-refractivity contribution in [3.8, 4) is 0 Å². The molecule has 2 bridgehead atoms. The number of fused-ring (bicyclic) bond motifs is 7. The molecule has 0 saturated heterocycles.